The fourth-order valence-electron chi connectivity index (χ4n) is 12.6. The third kappa shape index (κ3) is 36.0. The zero-order chi connectivity index (χ0) is 66.8. The van der Waals surface area contributed by atoms with Crippen LogP contribution in [0.1, 0.15) is 290 Å². The van der Waals surface area contributed by atoms with Gasteiger partial charge in [-0.25, -0.2) is 0 Å². The largest absolute Gasteiger partial charge is 0.394 e. The Balaban J connectivity index is 1.43. The number of hydrogen-bond donors (Lipinski definition) is 12. The van der Waals surface area contributed by atoms with Crippen LogP contribution in [-0.2, 0) is 33.2 Å². The third-order valence-electron chi connectivity index (χ3n) is 18.7. The number of aliphatic hydroxyl groups is 11. The first-order valence-electron chi connectivity index (χ1n) is 37.2. The quantitative estimate of drug-likeness (QED) is 0.0199. The van der Waals surface area contributed by atoms with Crippen molar-refractivity contribution in [1.82, 2.24) is 5.32 Å². The van der Waals surface area contributed by atoms with E-state index in [9.17, 15) is 61.0 Å². The Morgan fingerprint density at radius 3 is 1.09 bits per heavy atom. The predicted molar refractivity (Wildman–Crippen MR) is 360 cm³/mol. The minimum atomic E-state index is -1.98. The first-order valence-corrected chi connectivity index (χ1v) is 37.2. The number of allylic oxidation sites excluding steroid dienone is 5. The standard InChI is InChI=1S/C73H135NO18/c1-3-5-7-9-11-13-15-17-19-21-23-25-27-29-30-32-34-36-38-40-42-44-46-48-50-57(78)56(74-61(79)51-49-47-45-43-41-39-37-35-33-31-28-26-24-22-20-18-16-14-12-10-8-6-4-2)55-87-71-67(85)64(82)69(59(53-76)89-71)92-73-68(86)65(83)70(60(54-77)90-73)91-72-66(84)63(81)62(80)58(52-75)88-72/h32,34,40,42,48,50,56-60,62-73,75-78,80-86H,3-31,33,35-39,41,43-47,49,51-55H2,1-2H3,(H,74,79)/b34-32+,42-40+,50-48+. The van der Waals surface area contributed by atoms with Gasteiger partial charge in [-0.3, -0.25) is 4.79 Å². The molecule has 19 heteroatoms. The van der Waals surface area contributed by atoms with Crippen molar-refractivity contribution in [2.24, 2.45) is 0 Å². The second-order valence-electron chi connectivity index (χ2n) is 26.7. The molecule has 0 aliphatic carbocycles. The average molecular weight is 1310 g/mol. The van der Waals surface area contributed by atoms with Gasteiger partial charge in [0.15, 0.2) is 18.9 Å². The minimum absolute atomic E-state index is 0.236. The summed E-state index contributed by atoms with van der Waals surface area (Å²) in [6, 6.07) is -0.995. The maximum absolute atomic E-state index is 13.4. The van der Waals surface area contributed by atoms with Crippen molar-refractivity contribution in [3.05, 3.63) is 36.5 Å². The summed E-state index contributed by atoms with van der Waals surface area (Å²) < 4.78 is 34.4. The second kappa shape index (κ2) is 55.0. The Kier molecular flexibility index (Phi) is 50.3. The van der Waals surface area contributed by atoms with E-state index in [2.05, 4.69) is 43.5 Å². The molecule has 3 rings (SSSR count). The molecular weight excluding hydrogens is 1180 g/mol. The van der Waals surface area contributed by atoms with Gasteiger partial charge >= 0.3 is 0 Å². The van der Waals surface area contributed by atoms with Gasteiger partial charge in [-0.15, -0.1) is 0 Å². The molecule has 3 heterocycles. The van der Waals surface area contributed by atoms with E-state index in [-0.39, 0.29) is 18.9 Å². The van der Waals surface area contributed by atoms with E-state index in [1.807, 2.05) is 6.08 Å². The summed E-state index contributed by atoms with van der Waals surface area (Å²) in [6.45, 7) is 1.75. The molecule has 12 N–H and O–H groups in total. The lowest BCUT2D eigenvalue weighted by molar-refractivity contribution is -0.379. The topological polar surface area (TPSA) is 307 Å². The van der Waals surface area contributed by atoms with Crippen LogP contribution in [0.4, 0.5) is 0 Å². The van der Waals surface area contributed by atoms with Gasteiger partial charge in [0.25, 0.3) is 0 Å². The van der Waals surface area contributed by atoms with Gasteiger partial charge < -0.3 is 89.9 Å². The van der Waals surface area contributed by atoms with E-state index in [1.54, 1.807) is 6.08 Å². The number of amides is 1. The molecule has 0 aromatic heterocycles. The highest BCUT2D eigenvalue weighted by Crippen LogP contribution is 2.33. The Bertz CT molecular complexity index is 1810. The molecule has 0 spiro atoms. The van der Waals surface area contributed by atoms with E-state index < -0.39 is 124 Å². The first kappa shape index (κ1) is 84.2. The summed E-state index contributed by atoms with van der Waals surface area (Å²) in [5, 5.41) is 121. The molecule has 0 bridgehead atoms. The minimum Gasteiger partial charge on any atom is -0.394 e. The molecule has 17 atom stereocenters. The molecule has 3 saturated heterocycles. The molecule has 92 heavy (non-hydrogen) atoms. The van der Waals surface area contributed by atoms with Gasteiger partial charge in [-0.1, -0.05) is 275 Å². The Morgan fingerprint density at radius 1 is 0.380 bits per heavy atom. The van der Waals surface area contributed by atoms with E-state index >= 15 is 0 Å². The smallest absolute Gasteiger partial charge is 0.220 e. The van der Waals surface area contributed by atoms with Gasteiger partial charge in [0, 0.05) is 6.42 Å². The van der Waals surface area contributed by atoms with Crippen molar-refractivity contribution >= 4 is 5.91 Å². The maximum atomic E-state index is 13.4. The fourth-order valence-corrected chi connectivity index (χ4v) is 12.6. The third-order valence-corrected chi connectivity index (χ3v) is 18.7. The molecule has 540 valence electrons. The monoisotopic (exact) mass is 1310 g/mol. The highest BCUT2D eigenvalue weighted by molar-refractivity contribution is 5.76. The molecule has 0 aromatic carbocycles. The molecule has 3 aliphatic rings. The number of ether oxygens (including phenoxy) is 6. The van der Waals surface area contributed by atoms with Crippen molar-refractivity contribution in [2.45, 2.75) is 394 Å². The summed E-state index contributed by atoms with van der Waals surface area (Å²) in [6.07, 6.45) is 38.4. The lowest BCUT2D eigenvalue weighted by Crippen LogP contribution is -2.66. The molecule has 1 amide bonds. The summed E-state index contributed by atoms with van der Waals surface area (Å²) in [5.74, 6) is -0.284. The Hall–Kier alpha value is -1.99. The van der Waals surface area contributed by atoms with E-state index in [1.165, 1.54) is 212 Å². The van der Waals surface area contributed by atoms with Crippen molar-refractivity contribution < 1.29 is 89.4 Å². The number of carbonyl (C=O) groups is 1. The summed E-state index contributed by atoms with van der Waals surface area (Å²) in [7, 11) is 0. The van der Waals surface area contributed by atoms with Crippen molar-refractivity contribution in [1.29, 1.82) is 0 Å². The molecule has 0 aromatic rings. The van der Waals surface area contributed by atoms with Crippen molar-refractivity contribution in [3.63, 3.8) is 0 Å². The molecule has 0 saturated carbocycles. The van der Waals surface area contributed by atoms with Crippen LogP contribution >= 0.6 is 0 Å². The SMILES string of the molecule is CCCCCCCCCCCCCCCC/C=C/CC/C=C/CC/C=C/C(O)C(COC1OC(CO)C(OC2OC(CO)C(OC3OC(CO)C(O)C(O)C3O)C(O)C2O)C(O)C1O)NC(=O)CCCCCCCCCCCCCCCCCCCCCCCCC. The van der Waals surface area contributed by atoms with Crippen molar-refractivity contribution in [2.75, 3.05) is 26.4 Å². The zero-order valence-electron chi connectivity index (χ0n) is 57.3. The first-order chi connectivity index (χ1) is 44.8. The molecule has 17 unspecified atom stereocenters. The van der Waals surface area contributed by atoms with Crippen LogP contribution in [0, 0.1) is 0 Å². The average Bonchev–Trinajstić information content (AvgIpc) is 0.856. The molecule has 19 nitrogen and oxygen atoms in total. The highest BCUT2D eigenvalue weighted by atomic mass is 16.8. The summed E-state index contributed by atoms with van der Waals surface area (Å²) >= 11 is 0. The summed E-state index contributed by atoms with van der Waals surface area (Å²) in [5.41, 5.74) is 0. The number of hydrogen-bond acceptors (Lipinski definition) is 18. The van der Waals surface area contributed by atoms with Crippen LogP contribution in [0.2, 0.25) is 0 Å². The number of aliphatic hydroxyl groups excluding tert-OH is 11. The van der Waals surface area contributed by atoms with E-state index in [4.69, 9.17) is 28.4 Å². The molecule has 3 fully saturated rings. The lowest BCUT2D eigenvalue weighted by Gasteiger charge is -2.48. The van der Waals surface area contributed by atoms with Gasteiger partial charge in [-0.2, -0.15) is 0 Å². The maximum Gasteiger partial charge on any atom is 0.220 e. The normalized spacial score (nSPS) is 27.9. The van der Waals surface area contributed by atoms with E-state index in [0.717, 1.165) is 44.9 Å². The van der Waals surface area contributed by atoms with Crippen LogP contribution in [0.5, 0.6) is 0 Å². The van der Waals surface area contributed by atoms with Crippen LogP contribution in [0.25, 0.3) is 0 Å². The molecular formula is C73H135NO18. The van der Waals surface area contributed by atoms with Crippen LogP contribution < -0.4 is 5.32 Å². The van der Waals surface area contributed by atoms with Crippen LogP contribution in [0.15, 0.2) is 36.5 Å². The van der Waals surface area contributed by atoms with E-state index in [0.29, 0.717) is 12.8 Å². The Labute approximate surface area is 555 Å². The van der Waals surface area contributed by atoms with Crippen molar-refractivity contribution in [3.8, 4) is 0 Å². The summed E-state index contributed by atoms with van der Waals surface area (Å²) in [4.78, 5) is 13.4. The lowest BCUT2D eigenvalue weighted by atomic mass is 9.96. The number of unbranched alkanes of at least 4 members (excludes halogenated alkanes) is 38. The highest BCUT2D eigenvalue weighted by Gasteiger charge is 2.53. The molecule has 3 aliphatic heterocycles. The second-order valence-corrected chi connectivity index (χ2v) is 26.7. The number of rotatable bonds is 58. The van der Waals surface area contributed by atoms with Gasteiger partial charge in [0.1, 0.15) is 73.2 Å². The number of carbonyl (C=O) groups excluding carboxylic acids is 1. The molecule has 0 radical (unpaired) electrons. The van der Waals surface area contributed by atoms with Gasteiger partial charge in [0.05, 0.1) is 38.6 Å². The van der Waals surface area contributed by atoms with Gasteiger partial charge in [-0.05, 0) is 44.9 Å². The fraction of sp³-hybridized carbons (Fsp3) is 0.904. The zero-order valence-corrected chi connectivity index (χ0v) is 57.3. The van der Waals surface area contributed by atoms with Crippen LogP contribution in [-0.4, -0.2) is 193 Å². The van der Waals surface area contributed by atoms with Crippen LogP contribution in [0.3, 0.4) is 0 Å². The predicted octanol–water partition coefficient (Wildman–Crippen LogP) is 10.8. The number of nitrogens with one attached hydrogen (secondary N) is 1. The Morgan fingerprint density at radius 2 is 0.696 bits per heavy atom. The van der Waals surface area contributed by atoms with Gasteiger partial charge in [0.2, 0.25) is 5.91 Å².